The number of rotatable bonds is 7. The van der Waals surface area contributed by atoms with Crippen LogP contribution in [0, 0.1) is 6.92 Å². The highest BCUT2D eigenvalue weighted by Crippen LogP contribution is 2.34. The van der Waals surface area contributed by atoms with Crippen molar-refractivity contribution in [3.05, 3.63) is 47.3 Å². The summed E-state index contributed by atoms with van der Waals surface area (Å²) in [5, 5.41) is 3.01. The Kier molecular flexibility index (Phi) is 6.22. The lowest BCUT2D eigenvalue weighted by molar-refractivity contribution is 0.0931. The molecule has 2 rings (SSSR count). The van der Waals surface area contributed by atoms with Gasteiger partial charge in [-0.25, -0.2) is 0 Å². The summed E-state index contributed by atoms with van der Waals surface area (Å²) in [4.78, 5) is 17.2. The monoisotopic (exact) mass is 344 g/mol. The van der Waals surface area contributed by atoms with Gasteiger partial charge in [-0.05, 0) is 31.0 Å². The molecule has 0 fully saturated rings. The van der Waals surface area contributed by atoms with E-state index in [9.17, 15) is 4.79 Å². The Bertz CT molecular complexity index is 746. The van der Waals surface area contributed by atoms with Crippen molar-refractivity contribution < 1.29 is 19.0 Å². The van der Waals surface area contributed by atoms with E-state index in [4.69, 9.17) is 14.2 Å². The molecular weight excluding hydrogens is 320 g/mol. The van der Waals surface area contributed by atoms with Crippen molar-refractivity contribution in [2.45, 2.75) is 26.3 Å². The number of hydrogen-bond acceptors (Lipinski definition) is 5. The Morgan fingerprint density at radius 2 is 1.72 bits per heavy atom. The van der Waals surface area contributed by atoms with Crippen LogP contribution in [0.1, 0.15) is 41.0 Å². The lowest BCUT2D eigenvalue weighted by Gasteiger charge is -2.19. The third-order valence-corrected chi connectivity index (χ3v) is 3.96. The van der Waals surface area contributed by atoms with Crippen LogP contribution in [0.3, 0.4) is 0 Å². The molecule has 0 radical (unpaired) electrons. The van der Waals surface area contributed by atoms with Gasteiger partial charge in [0, 0.05) is 18.3 Å². The zero-order chi connectivity index (χ0) is 18.4. The highest BCUT2D eigenvalue weighted by atomic mass is 16.5. The highest BCUT2D eigenvalue weighted by molar-refractivity contribution is 5.98. The molecule has 1 aromatic carbocycles. The first-order valence-electron chi connectivity index (χ1n) is 8.07. The number of hydrogen-bond donors (Lipinski definition) is 1. The normalized spacial score (nSPS) is 11.6. The van der Waals surface area contributed by atoms with Crippen LogP contribution in [-0.2, 0) is 0 Å². The molecule has 25 heavy (non-hydrogen) atoms. The molecule has 1 N–H and O–H groups in total. The molecule has 0 unspecified atom stereocenters. The fourth-order valence-electron chi connectivity index (χ4n) is 2.58. The van der Waals surface area contributed by atoms with Crippen LogP contribution in [-0.4, -0.2) is 32.2 Å². The summed E-state index contributed by atoms with van der Waals surface area (Å²) < 4.78 is 15.9. The first-order valence-corrected chi connectivity index (χ1v) is 8.07. The van der Waals surface area contributed by atoms with Gasteiger partial charge in [-0.3, -0.25) is 9.78 Å². The molecule has 0 spiro atoms. The van der Waals surface area contributed by atoms with Crippen LogP contribution in [0.2, 0.25) is 0 Å². The van der Waals surface area contributed by atoms with Gasteiger partial charge in [-0.2, -0.15) is 0 Å². The van der Waals surface area contributed by atoms with E-state index in [1.54, 1.807) is 18.3 Å². The van der Waals surface area contributed by atoms with Crippen molar-refractivity contribution in [2.24, 2.45) is 0 Å². The minimum absolute atomic E-state index is 0.190. The number of methoxy groups -OCH3 is 3. The minimum Gasteiger partial charge on any atom is -0.496 e. The van der Waals surface area contributed by atoms with Crippen LogP contribution in [0.25, 0.3) is 0 Å². The first kappa shape index (κ1) is 18.6. The predicted octanol–water partition coefficient (Wildman–Crippen LogP) is 3.30. The van der Waals surface area contributed by atoms with Crippen molar-refractivity contribution in [1.82, 2.24) is 10.3 Å². The first-order chi connectivity index (χ1) is 12.0. The van der Waals surface area contributed by atoms with E-state index in [-0.39, 0.29) is 11.9 Å². The Morgan fingerprint density at radius 1 is 1.08 bits per heavy atom. The third kappa shape index (κ3) is 4.21. The van der Waals surface area contributed by atoms with Crippen LogP contribution < -0.4 is 19.5 Å². The van der Waals surface area contributed by atoms with Gasteiger partial charge in [-0.15, -0.1) is 0 Å². The van der Waals surface area contributed by atoms with E-state index in [0.717, 1.165) is 17.7 Å². The van der Waals surface area contributed by atoms with Crippen LogP contribution in [0.4, 0.5) is 0 Å². The number of aryl methyl sites for hydroxylation is 1. The largest absolute Gasteiger partial charge is 0.496 e. The predicted molar refractivity (Wildman–Crippen MR) is 95.6 cm³/mol. The van der Waals surface area contributed by atoms with Gasteiger partial charge in [0.25, 0.3) is 5.91 Å². The van der Waals surface area contributed by atoms with E-state index in [0.29, 0.717) is 22.8 Å². The standard InChI is InChI=1S/C19H24N2O4/c1-6-14(15-9-12(2)7-8-20-15)21-19(22)13-10-17(24-4)18(25-5)11-16(13)23-3/h7-11,14H,6H2,1-5H3,(H,21,22)/t14-/m0/s1. The maximum absolute atomic E-state index is 12.8. The van der Waals surface area contributed by atoms with Crippen molar-refractivity contribution in [3.8, 4) is 17.2 Å². The Morgan fingerprint density at radius 3 is 2.28 bits per heavy atom. The molecular formula is C19H24N2O4. The Balaban J connectivity index is 2.32. The zero-order valence-electron chi connectivity index (χ0n) is 15.3. The Hall–Kier alpha value is -2.76. The van der Waals surface area contributed by atoms with Gasteiger partial charge in [0.1, 0.15) is 5.75 Å². The van der Waals surface area contributed by atoms with E-state index >= 15 is 0 Å². The number of ether oxygens (including phenoxy) is 3. The molecule has 1 atom stereocenters. The summed E-state index contributed by atoms with van der Waals surface area (Å²) in [5.74, 6) is 1.13. The molecule has 2 aromatic rings. The number of benzene rings is 1. The smallest absolute Gasteiger partial charge is 0.255 e. The van der Waals surface area contributed by atoms with Crippen molar-refractivity contribution in [2.75, 3.05) is 21.3 Å². The van der Waals surface area contributed by atoms with Crippen molar-refractivity contribution >= 4 is 5.91 Å². The summed E-state index contributed by atoms with van der Waals surface area (Å²) in [5.41, 5.74) is 2.31. The third-order valence-electron chi connectivity index (χ3n) is 3.96. The van der Waals surface area contributed by atoms with E-state index in [1.165, 1.54) is 21.3 Å². The van der Waals surface area contributed by atoms with Gasteiger partial charge in [0.15, 0.2) is 11.5 Å². The van der Waals surface area contributed by atoms with E-state index in [2.05, 4.69) is 10.3 Å². The molecule has 0 aliphatic rings. The second-order valence-electron chi connectivity index (χ2n) is 5.60. The van der Waals surface area contributed by atoms with E-state index in [1.807, 2.05) is 26.0 Å². The lowest BCUT2D eigenvalue weighted by atomic mass is 10.1. The summed E-state index contributed by atoms with van der Waals surface area (Å²) >= 11 is 0. The summed E-state index contributed by atoms with van der Waals surface area (Å²) in [6.45, 7) is 4.00. The number of pyridine rings is 1. The summed E-state index contributed by atoms with van der Waals surface area (Å²) in [6.07, 6.45) is 2.47. The van der Waals surface area contributed by atoms with Gasteiger partial charge in [-0.1, -0.05) is 6.92 Å². The fourth-order valence-corrected chi connectivity index (χ4v) is 2.58. The van der Waals surface area contributed by atoms with Crippen LogP contribution >= 0.6 is 0 Å². The van der Waals surface area contributed by atoms with Crippen molar-refractivity contribution in [3.63, 3.8) is 0 Å². The zero-order valence-corrected chi connectivity index (χ0v) is 15.3. The highest BCUT2D eigenvalue weighted by Gasteiger charge is 2.21. The molecule has 1 amide bonds. The lowest BCUT2D eigenvalue weighted by Crippen LogP contribution is -2.29. The SMILES string of the molecule is CC[C@H](NC(=O)c1cc(OC)c(OC)cc1OC)c1cc(C)ccn1. The number of amides is 1. The minimum atomic E-state index is -0.257. The summed E-state index contributed by atoms with van der Waals surface area (Å²) in [6, 6.07) is 6.96. The molecule has 0 aliphatic heterocycles. The molecule has 134 valence electrons. The molecule has 1 aromatic heterocycles. The quantitative estimate of drug-likeness (QED) is 0.834. The molecule has 6 nitrogen and oxygen atoms in total. The maximum atomic E-state index is 12.8. The average molecular weight is 344 g/mol. The van der Waals surface area contributed by atoms with E-state index < -0.39 is 0 Å². The molecule has 0 bridgehead atoms. The molecule has 0 saturated heterocycles. The topological polar surface area (TPSA) is 69.7 Å². The van der Waals surface area contributed by atoms with Crippen molar-refractivity contribution in [1.29, 1.82) is 0 Å². The van der Waals surface area contributed by atoms with Crippen LogP contribution in [0.15, 0.2) is 30.5 Å². The van der Waals surface area contributed by atoms with Gasteiger partial charge in [0.05, 0.1) is 38.6 Å². The van der Waals surface area contributed by atoms with Crippen LogP contribution in [0.5, 0.6) is 17.2 Å². The molecule has 0 aliphatic carbocycles. The average Bonchev–Trinajstić information content (AvgIpc) is 2.64. The number of nitrogens with zero attached hydrogens (tertiary/aromatic N) is 1. The number of aromatic nitrogens is 1. The Labute approximate surface area is 148 Å². The second-order valence-corrected chi connectivity index (χ2v) is 5.60. The van der Waals surface area contributed by atoms with Gasteiger partial charge in [0.2, 0.25) is 0 Å². The molecule has 0 saturated carbocycles. The molecule has 1 heterocycles. The fraction of sp³-hybridized carbons (Fsp3) is 0.368. The number of carbonyl (C=O) groups excluding carboxylic acids is 1. The number of carbonyl (C=O) groups is 1. The van der Waals surface area contributed by atoms with Gasteiger partial charge >= 0.3 is 0 Å². The maximum Gasteiger partial charge on any atom is 0.255 e. The summed E-state index contributed by atoms with van der Waals surface area (Å²) in [7, 11) is 4.57. The van der Waals surface area contributed by atoms with Gasteiger partial charge < -0.3 is 19.5 Å². The second kappa shape index (κ2) is 8.37. The molecule has 6 heteroatoms. The number of nitrogens with one attached hydrogen (secondary N) is 1.